The highest BCUT2D eigenvalue weighted by atomic mass is 19.3. The van der Waals surface area contributed by atoms with Gasteiger partial charge in [0.2, 0.25) is 5.95 Å². The average Bonchev–Trinajstić information content (AvgIpc) is 2.60. The molecule has 1 aromatic carbocycles. The monoisotopic (exact) mass is 383 g/mol. The lowest BCUT2D eigenvalue weighted by molar-refractivity contribution is 0.146. The molecule has 0 aliphatic heterocycles. The van der Waals surface area contributed by atoms with E-state index in [4.69, 9.17) is 5.41 Å². The third kappa shape index (κ3) is 4.45. The van der Waals surface area contributed by atoms with Gasteiger partial charge in [0.1, 0.15) is 17.2 Å². The average molecular weight is 383 g/mol. The lowest BCUT2D eigenvalue weighted by Gasteiger charge is -2.20. The van der Waals surface area contributed by atoms with E-state index in [2.05, 4.69) is 15.3 Å². The first-order valence-electron chi connectivity index (χ1n) is 8.00. The second-order valence-electron chi connectivity index (χ2n) is 6.09. The molecule has 1 heterocycles. The number of H-pyrrole nitrogens is 1. The van der Waals surface area contributed by atoms with Crippen LogP contribution in [-0.4, -0.2) is 41.5 Å². The standard InChI is InChI=1S/C17H20F3N5O2/c1-8(9-4-5-10(14(19)20)11(18)6-9)22-15-13(12(21)7-26)16(27)24-17(23-15)25(2)3/h4-6,8,14,21,26H,7H2,1-3H3,(H2,22,23,24,27). The highest BCUT2D eigenvalue weighted by Gasteiger charge is 2.20. The largest absolute Gasteiger partial charge is 0.390 e. The van der Waals surface area contributed by atoms with Crippen molar-refractivity contribution in [3.8, 4) is 0 Å². The summed E-state index contributed by atoms with van der Waals surface area (Å²) in [6, 6.07) is 2.72. The van der Waals surface area contributed by atoms with Crippen LogP contribution in [0.25, 0.3) is 0 Å². The summed E-state index contributed by atoms with van der Waals surface area (Å²) in [5, 5.41) is 19.9. The minimum atomic E-state index is -2.92. The number of aliphatic hydroxyl groups is 1. The molecule has 7 nitrogen and oxygen atoms in total. The molecule has 0 spiro atoms. The molecule has 1 unspecified atom stereocenters. The van der Waals surface area contributed by atoms with E-state index in [1.165, 1.54) is 6.07 Å². The van der Waals surface area contributed by atoms with Gasteiger partial charge in [0.05, 0.1) is 23.9 Å². The number of hydrogen-bond acceptors (Lipinski definition) is 6. The highest BCUT2D eigenvalue weighted by molar-refractivity contribution is 6.02. The van der Waals surface area contributed by atoms with Gasteiger partial charge < -0.3 is 20.7 Å². The number of benzene rings is 1. The van der Waals surface area contributed by atoms with Gasteiger partial charge >= 0.3 is 0 Å². The van der Waals surface area contributed by atoms with E-state index in [0.29, 0.717) is 5.56 Å². The van der Waals surface area contributed by atoms with Crippen LogP contribution in [0.15, 0.2) is 23.0 Å². The zero-order chi connectivity index (χ0) is 20.3. The summed E-state index contributed by atoms with van der Waals surface area (Å²) < 4.78 is 39.2. The number of nitrogens with zero attached hydrogens (tertiary/aromatic N) is 2. The molecule has 0 saturated carbocycles. The minimum Gasteiger partial charge on any atom is -0.390 e. The van der Waals surface area contributed by atoms with E-state index >= 15 is 0 Å². The van der Waals surface area contributed by atoms with Crippen molar-refractivity contribution in [1.82, 2.24) is 9.97 Å². The summed E-state index contributed by atoms with van der Waals surface area (Å²) in [4.78, 5) is 20.6. The number of aromatic amines is 1. The molecular formula is C17H20F3N5O2. The number of anilines is 2. The third-order valence-electron chi connectivity index (χ3n) is 3.90. The van der Waals surface area contributed by atoms with Gasteiger partial charge in [-0.2, -0.15) is 4.98 Å². The Morgan fingerprint density at radius 1 is 1.41 bits per heavy atom. The fourth-order valence-electron chi connectivity index (χ4n) is 2.41. The van der Waals surface area contributed by atoms with Crippen LogP contribution < -0.4 is 15.8 Å². The quantitative estimate of drug-likeness (QED) is 0.550. The number of nitrogens with one attached hydrogen (secondary N) is 3. The lowest BCUT2D eigenvalue weighted by Crippen LogP contribution is -2.28. The van der Waals surface area contributed by atoms with E-state index < -0.39 is 36.0 Å². The Morgan fingerprint density at radius 2 is 2.07 bits per heavy atom. The van der Waals surface area contributed by atoms with Crippen LogP contribution in [0, 0.1) is 11.2 Å². The number of rotatable bonds is 7. The fraction of sp³-hybridized carbons (Fsp3) is 0.353. The minimum absolute atomic E-state index is 0.0207. The molecule has 0 bridgehead atoms. The Labute approximate surface area is 153 Å². The molecule has 0 aliphatic carbocycles. The fourth-order valence-corrected chi connectivity index (χ4v) is 2.41. The molecule has 1 aromatic heterocycles. The predicted octanol–water partition coefficient (Wildman–Crippen LogP) is 2.45. The maximum absolute atomic E-state index is 13.8. The maximum Gasteiger partial charge on any atom is 0.266 e. The van der Waals surface area contributed by atoms with Crippen molar-refractivity contribution in [2.75, 3.05) is 30.9 Å². The van der Waals surface area contributed by atoms with Gasteiger partial charge in [0.15, 0.2) is 0 Å². The van der Waals surface area contributed by atoms with Crippen molar-refractivity contribution in [1.29, 1.82) is 5.41 Å². The van der Waals surface area contributed by atoms with E-state index in [0.717, 1.165) is 12.1 Å². The van der Waals surface area contributed by atoms with Crippen molar-refractivity contribution in [3.05, 3.63) is 51.1 Å². The first-order chi connectivity index (χ1) is 12.6. The summed E-state index contributed by atoms with van der Waals surface area (Å²) in [5.74, 6) is -0.803. The van der Waals surface area contributed by atoms with Gasteiger partial charge in [-0.15, -0.1) is 0 Å². The van der Waals surface area contributed by atoms with Crippen LogP contribution in [0.3, 0.4) is 0 Å². The highest BCUT2D eigenvalue weighted by Crippen LogP contribution is 2.26. The number of hydrogen-bond donors (Lipinski definition) is 4. The second-order valence-corrected chi connectivity index (χ2v) is 6.09. The number of aromatic nitrogens is 2. The Bertz CT molecular complexity index is 899. The number of halogens is 3. The van der Waals surface area contributed by atoms with Gasteiger partial charge in [-0.1, -0.05) is 12.1 Å². The summed E-state index contributed by atoms with van der Waals surface area (Å²) in [6.07, 6.45) is -2.92. The molecule has 146 valence electrons. The van der Waals surface area contributed by atoms with Crippen molar-refractivity contribution in [2.45, 2.75) is 19.4 Å². The molecule has 0 aliphatic rings. The van der Waals surface area contributed by atoms with Crippen molar-refractivity contribution in [2.24, 2.45) is 0 Å². The topological polar surface area (TPSA) is 105 Å². The Morgan fingerprint density at radius 3 is 2.59 bits per heavy atom. The van der Waals surface area contributed by atoms with Crippen LogP contribution in [0.5, 0.6) is 0 Å². The summed E-state index contributed by atoms with van der Waals surface area (Å²) >= 11 is 0. The van der Waals surface area contributed by atoms with Crippen molar-refractivity contribution in [3.63, 3.8) is 0 Å². The summed E-state index contributed by atoms with van der Waals surface area (Å²) in [5.41, 5.74) is -1.46. The van der Waals surface area contributed by atoms with Crippen molar-refractivity contribution < 1.29 is 18.3 Å². The number of aliphatic hydroxyl groups excluding tert-OH is 1. The smallest absolute Gasteiger partial charge is 0.266 e. The van der Waals surface area contributed by atoms with E-state index in [-0.39, 0.29) is 23.0 Å². The van der Waals surface area contributed by atoms with Gasteiger partial charge in [0.25, 0.3) is 12.0 Å². The van der Waals surface area contributed by atoms with Crippen LogP contribution in [0.2, 0.25) is 0 Å². The molecule has 0 saturated heterocycles. The molecular weight excluding hydrogens is 363 g/mol. The maximum atomic E-state index is 13.8. The molecule has 0 fully saturated rings. The SMILES string of the molecule is CC(Nc1nc(N(C)C)[nH]c(=O)c1C(=N)CO)c1ccc(C(F)F)c(F)c1. The van der Waals surface area contributed by atoms with Gasteiger partial charge in [-0.3, -0.25) is 9.78 Å². The molecule has 0 radical (unpaired) electrons. The van der Waals surface area contributed by atoms with Gasteiger partial charge in [0, 0.05) is 14.1 Å². The van der Waals surface area contributed by atoms with Crippen LogP contribution in [0.4, 0.5) is 24.9 Å². The first kappa shape index (κ1) is 20.4. The van der Waals surface area contributed by atoms with Crippen LogP contribution >= 0.6 is 0 Å². The summed E-state index contributed by atoms with van der Waals surface area (Å²) in [7, 11) is 3.31. The molecule has 2 aromatic rings. The molecule has 10 heteroatoms. The lowest BCUT2D eigenvalue weighted by atomic mass is 10.0. The van der Waals surface area contributed by atoms with Crippen molar-refractivity contribution >= 4 is 17.5 Å². The Hall–Kier alpha value is -2.88. The predicted molar refractivity (Wildman–Crippen MR) is 96.5 cm³/mol. The Balaban J connectivity index is 2.44. The second kappa shape index (κ2) is 8.21. The zero-order valence-electron chi connectivity index (χ0n) is 15.0. The molecule has 27 heavy (non-hydrogen) atoms. The molecule has 4 N–H and O–H groups in total. The zero-order valence-corrected chi connectivity index (χ0v) is 15.0. The number of alkyl halides is 2. The first-order valence-corrected chi connectivity index (χ1v) is 8.00. The third-order valence-corrected chi connectivity index (χ3v) is 3.90. The van der Waals surface area contributed by atoms with Gasteiger partial charge in [-0.05, 0) is 18.6 Å². The Kier molecular flexibility index (Phi) is 6.21. The summed E-state index contributed by atoms with van der Waals surface area (Å²) in [6.45, 7) is 0.953. The molecule has 1 atom stereocenters. The normalized spacial score (nSPS) is 12.1. The van der Waals surface area contributed by atoms with Gasteiger partial charge in [-0.25, -0.2) is 13.2 Å². The van der Waals surface area contributed by atoms with Crippen LogP contribution in [-0.2, 0) is 0 Å². The molecule has 0 amide bonds. The van der Waals surface area contributed by atoms with E-state index in [9.17, 15) is 23.1 Å². The van der Waals surface area contributed by atoms with E-state index in [1.54, 1.807) is 25.9 Å². The molecule has 2 rings (SSSR count). The van der Waals surface area contributed by atoms with E-state index in [1.807, 2.05) is 0 Å². The van der Waals surface area contributed by atoms with Crippen LogP contribution in [0.1, 0.15) is 36.1 Å².